The second-order valence-corrected chi connectivity index (χ2v) is 6.94. The fourth-order valence-electron chi connectivity index (χ4n) is 3.00. The molecule has 0 aromatic heterocycles. The molecule has 1 heterocycles. The van der Waals surface area contributed by atoms with E-state index in [1.165, 1.54) is 24.2 Å². The van der Waals surface area contributed by atoms with Gasteiger partial charge < -0.3 is 5.32 Å². The molecule has 2 atom stereocenters. The maximum atomic E-state index is 3.57. The minimum absolute atomic E-state index is 0.711. The summed E-state index contributed by atoms with van der Waals surface area (Å²) in [7, 11) is 0. The van der Waals surface area contributed by atoms with E-state index in [9.17, 15) is 0 Å². The highest BCUT2D eigenvalue weighted by atomic mass is 15.1. The summed E-state index contributed by atoms with van der Waals surface area (Å²) in [6.45, 7) is 14.9. The Morgan fingerprint density at radius 1 is 1.10 bits per heavy atom. The van der Waals surface area contributed by atoms with E-state index in [1.54, 1.807) is 0 Å². The highest BCUT2D eigenvalue weighted by Crippen LogP contribution is 2.24. The molecule has 0 radical (unpaired) electrons. The van der Waals surface area contributed by atoms with Crippen LogP contribution in [-0.4, -0.2) is 24.5 Å². The molecule has 20 heavy (non-hydrogen) atoms. The van der Waals surface area contributed by atoms with Crippen molar-refractivity contribution in [3.05, 3.63) is 35.4 Å². The third kappa shape index (κ3) is 4.32. The monoisotopic (exact) mass is 274 g/mol. The second kappa shape index (κ2) is 7.24. The van der Waals surface area contributed by atoms with E-state index in [1.807, 2.05) is 0 Å². The average molecular weight is 274 g/mol. The zero-order valence-corrected chi connectivity index (χ0v) is 13.5. The van der Waals surface area contributed by atoms with Crippen LogP contribution in [0.25, 0.3) is 0 Å². The van der Waals surface area contributed by atoms with Crippen LogP contribution in [0.5, 0.6) is 0 Å². The van der Waals surface area contributed by atoms with E-state index in [0.717, 1.165) is 31.5 Å². The Bertz CT molecular complexity index is 404. The summed E-state index contributed by atoms with van der Waals surface area (Å²) in [5.74, 6) is 2.38. The molecular formula is C18H30N2. The Kier molecular flexibility index (Phi) is 5.62. The lowest BCUT2D eigenvalue weighted by Gasteiger charge is -2.18. The van der Waals surface area contributed by atoms with Gasteiger partial charge in [-0.25, -0.2) is 0 Å². The third-order valence-corrected chi connectivity index (χ3v) is 4.44. The van der Waals surface area contributed by atoms with E-state index >= 15 is 0 Å². The van der Waals surface area contributed by atoms with Crippen molar-refractivity contribution in [2.75, 3.05) is 19.6 Å². The molecule has 0 amide bonds. The first kappa shape index (κ1) is 15.5. The number of nitrogens with one attached hydrogen (secondary N) is 1. The third-order valence-electron chi connectivity index (χ3n) is 4.44. The van der Waals surface area contributed by atoms with Gasteiger partial charge in [0, 0.05) is 26.2 Å². The molecule has 0 saturated carbocycles. The molecule has 2 rings (SSSR count). The highest BCUT2D eigenvalue weighted by molar-refractivity contribution is 5.27. The van der Waals surface area contributed by atoms with Gasteiger partial charge in [0.05, 0.1) is 0 Å². The molecule has 1 saturated heterocycles. The number of hydrogen-bond acceptors (Lipinski definition) is 2. The summed E-state index contributed by atoms with van der Waals surface area (Å²) in [5.41, 5.74) is 2.95. The molecule has 2 nitrogen and oxygen atoms in total. The Morgan fingerprint density at radius 2 is 1.70 bits per heavy atom. The predicted molar refractivity (Wildman–Crippen MR) is 86.6 cm³/mol. The lowest BCUT2D eigenvalue weighted by atomic mass is 10.0. The molecule has 112 valence electrons. The van der Waals surface area contributed by atoms with Gasteiger partial charge in [0.25, 0.3) is 0 Å². The molecule has 1 fully saturated rings. The normalized spacial score (nSPS) is 23.6. The van der Waals surface area contributed by atoms with Gasteiger partial charge in [-0.2, -0.15) is 0 Å². The summed E-state index contributed by atoms with van der Waals surface area (Å²) >= 11 is 0. The maximum absolute atomic E-state index is 3.57. The molecular weight excluding hydrogens is 244 g/mol. The van der Waals surface area contributed by atoms with Gasteiger partial charge in [-0.15, -0.1) is 0 Å². The molecule has 1 aliphatic rings. The standard InChI is InChI=1S/C18H30N2/c1-14(2)9-19-10-17-7-5-6-8-18(17)13-20-11-15(3)16(4)12-20/h5-8,14-16,19H,9-13H2,1-4H3. The van der Waals surface area contributed by atoms with Crippen LogP contribution < -0.4 is 5.32 Å². The summed E-state index contributed by atoms with van der Waals surface area (Å²) in [6, 6.07) is 8.89. The zero-order valence-electron chi connectivity index (χ0n) is 13.5. The second-order valence-electron chi connectivity index (χ2n) is 6.94. The summed E-state index contributed by atoms with van der Waals surface area (Å²) in [4.78, 5) is 2.61. The van der Waals surface area contributed by atoms with Crippen LogP contribution in [0.2, 0.25) is 0 Å². The minimum Gasteiger partial charge on any atom is -0.312 e. The molecule has 2 heteroatoms. The van der Waals surface area contributed by atoms with Gasteiger partial charge in [-0.05, 0) is 35.4 Å². The molecule has 1 aromatic rings. The van der Waals surface area contributed by atoms with Gasteiger partial charge in [-0.3, -0.25) is 4.90 Å². The largest absolute Gasteiger partial charge is 0.312 e. The lowest BCUT2D eigenvalue weighted by Crippen LogP contribution is -2.23. The van der Waals surface area contributed by atoms with Gasteiger partial charge in [0.1, 0.15) is 0 Å². The smallest absolute Gasteiger partial charge is 0.0237 e. The van der Waals surface area contributed by atoms with Gasteiger partial charge in [-0.1, -0.05) is 52.0 Å². The van der Waals surface area contributed by atoms with Crippen molar-refractivity contribution in [2.24, 2.45) is 17.8 Å². The number of benzene rings is 1. The van der Waals surface area contributed by atoms with Crippen LogP contribution in [-0.2, 0) is 13.1 Å². The van der Waals surface area contributed by atoms with Crippen LogP contribution >= 0.6 is 0 Å². The first-order chi connectivity index (χ1) is 9.56. The predicted octanol–water partition coefficient (Wildman–Crippen LogP) is 3.52. The fraction of sp³-hybridized carbons (Fsp3) is 0.667. The van der Waals surface area contributed by atoms with Crippen molar-refractivity contribution in [1.82, 2.24) is 10.2 Å². The highest BCUT2D eigenvalue weighted by Gasteiger charge is 2.26. The molecule has 0 bridgehead atoms. The average Bonchev–Trinajstić information content (AvgIpc) is 2.70. The topological polar surface area (TPSA) is 15.3 Å². The van der Waals surface area contributed by atoms with Crippen molar-refractivity contribution < 1.29 is 0 Å². The lowest BCUT2D eigenvalue weighted by molar-refractivity contribution is 0.315. The molecule has 1 aliphatic heterocycles. The molecule has 2 unspecified atom stereocenters. The zero-order chi connectivity index (χ0) is 14.5. The SMILES string of the molecule is CC(C)CNCc1ccccc1CN1CC(C)C(C)C1. The van der Waals surface area contributed by atoms with E-state index in [4.69, 9.17) is 0 Å². The number of likely N-dealkylation sites (tertiary alicyclic amines) is 1. The number of rotatable bonds is 6. The minimum atomic E-state index is 0.711. The molecule has 0 aliphatic carbocycles. The fourth-order valence-corrected chi connectivity index (χ4v) is 3.00. The number of hydrogen-bond donors (Lipinski definition) is 1. The summed E-state index contributed by atoms with van der Waals surface area (Å²) < 4.78 is 0. The van der Waals surface area contributed by atoms with E-state index in [-0.39, 0.29) is 0 Å². The van der Waals surface area contributed by atoms with Gasteiger partial charge >= 0.3 is 0 Å². The van der Waals surface area contributed by atoms with E-state index in [2.05, 4.69) is 62.2 Å². The Balaban J connectivity index is 1.94. The molecule has 0 spiro atoms. The van der Waals surface area contributed by atoms with Gasteiger partial charge in [0.15, 0.2) is 0 Å². The van der Waals surface area contributed by atoms with Crippen molar-refractivity contribution in [2.45, 2.75) is 40.8 Å². The molecule has 1 aromatic carbocycles. The maximum Gasteiger partial charge on any atom is 0.0237 e. The number of nitrogens with zero attached hydrogens (tertiary/aromatic N) is 1. The molecule has 1 N–H and O–H groups in total. The first-order valence-electron chi connectivity index (χ1n) is 8.06. The van der Waals surface area contributed by atoms with Crippen LogP contribution in [0.15, 0.2) is 24.3 Å². The van der Waals surface area contributed by atoms with Crippen molar-refractivity contribution >= 4 is 0 Å². The van der Waals surface area contributed by atoms with Crippen molar-refractivity contribution in [3.8, 4) is 0 Å². The van der Waals surface area contributed by atoms with Crippen LogP contribution in [0.3, 0.4) is 0 Å². The summed E-state index contributed by atoms with van der Waals surface area (Å²) in [6.07, 6.45) is 0. The summed E-state index contributed by atoms with van der Waals surface area (Å²) in [5, 5.41) is 3.57. The van der Waals surface area contributed by atoms with E-state index < -0.39 is 0 Å². The quantitative estimate of drug-likeness (QED) is 0.854. The van der Waals surface area contributed by atoms with E-state index in [0.29, 0.717) is 5.92 Å². The Morgan fingerprint density at radius 3 is 2.30 bits per heavy atom. The van der Waals surface area contributed by atoms with Crippen LogP contribution in [0.1, 0.15) is 38.8 Å². The Labute approximate surface area is 124 Å². The van der Waals surface area contributed by atoms with Crippen molar-refractivity contribution in [1.29, 1.82) is 0 Å². The van der Waals surface area contributed by atoms with Crippen LogP contribution in [0.4, 0.5) is 0 Å². The van der Waals surface area contributed by atoms with Crippen LogP contribution in [0, 0.1) is 17.8 Å². The Hall–Kier alpha value is -0.860. The van der Waals surface area contributed by atoms with Gasteiger partial charge in [0.2, 0.25) is 0 Å². The van der Waals surface area contributed by atoms with Crippen molar-refractivity contribution in [3.63, 3.8) is 0 Å². The first-order valence-corrected chi connectivity index (χ1v) is 8.06.